The van der Waals surface area contributed by atoms with E-state index in [9.17, 15) is 0 Å². The van der Waals surface area contributed by atoms with Gasteiger partial charge >= 0.3 is 0 Å². The van der Waals surface area contributed by atoms with Crippen LogP contribution in [0.15, 0.2) is 0 Å². The maximum Gasteiger partial charge on any atom is 0.134 e. The molecule has 1 aromatic heterocycles. The number of anilines is 2. The Morgan fingerprint density at radius 1 is 1.11 bits per heavy atom. The molecule has 0 aromatic carbocycles. The molecular weight excluding hydrogens is 236 g/mol. The molecule has 2 N–H and O–H groups in total. The number of rotatable bonds is 8. The largest absolute Gasteiger partial charge is 0.373 e. The van der Waals surface area contributed by atoms with Gasteiger partial charge in [-0.2, -0.15) is 0 Å². The summed E-state index contributed by atoms with van der Waals surface area (Å²) in [6.07, 6.45) is 5.65. The van der Waals surface area contributed by atoms with Crippen LogP contribution in [0.3, 0.4) is 0 Å². The molecule has 0 bridgehead atoms. The third kappa shape index (κ3) is 4.69. The lowest BCUT2D eigenvalue weighted by atomic mass is 10.1. The first-order chi connectivity index (χ1) is 9.12. The third-order valence-electron chi connectivity index (χ3n) is 3.28. The second-order valence-electron chi connectivity index (χ2n) is 5.15. The Bertz CT molecular complexity index is 390. The summed E-state index contributed by atoms with van der Waals surface area (Å²) in [5.74, 6) is 2.83. The van der Waals surface area contributed by atoms with E-state index in [4.69, 9.17) is 0 Å². The number of unbranched alkanes of at least 4 members (excludes halogenated alkanes) is 1. The summed E-state index contributed by atoms with van der Waals surface area (Å²) < 4.78 is 0. The fourth-order valence-electron chi connectivity index (χ4n) is 2.10. The highest BCUT2D eigenvalue weighted by molar-refractivity contribution is 5.57. The molecule has 0 aliphatic heterocycles. The maximum atomic E-state index is 4.66. The molecule has 1 atom stereocenters. The minimum Gasteiger partial charge on any atom is -0.373 e. The molecule has 19 heavy (non-hydrogen) atoms. The van der Waals surface area contributed by atoms with E-state index in [0.717, 1.165) is 35.9 Å². The van der Waals surface area contributed by atoms with Gasteiger partial charge < -0.3 is 10.6 Å². The second-order valence-corrected chi connectivity index (χ2v) is 5.15. The topological polar surface area (TPSA) is 49.8 Å². The third-order valence-corrected chi connectivity index (χ3v) is 3.28. The molecule has 1 heterocycles. The summed E-state index contributed by atoms with van der Waals surface area (Å²) in [4.78, 5) is 9.20. The van der Waals surface area contributed by atoms with Crippen molar-refractivity contribution in [3.63, 3.8) is 0 Å². The molecule has 0 radical (unpaired) electrons. The van der Waals surface area contributed by atoms with Gasteiger partial charge in [-0.15, -0.1) is 0 Å². The lowest BCUT2D eigenvalue weighted by molar-refractivity contribution is 0.641. The van der Waals surface area contributed by atoms with E-state index >= 15 is 0 Å². The highest BCUT2D eigenvalue weighted by Crippen LogP contribution is 2.21. The van der Waals surface area contributed by atoms with Crippen molar-refractivity contribution in [3.8, 4) is 0 Å². The van der Waals surface area contributed by atoms with Crippen LogP contribution in [0.25, 0.3) is 0 Å². The van der Waals surface area contributed by atoms with Crippen LogP contribution in [0.1, 0.15) is 57.8 Å². The van der Waals surface area contributed by atoms with Gasteiger partial charge in [0, 0.05) is 25.1 Å². The van der Waals surface area contributed by atoms with Gasteiger partial charge in [0.05, 0.1) is 0 Å². The Balaban J connectivity index is 2.88. The molecule has 0 saturated heterocycles. The van der Waals surface area contributed by atoms with Crippen LogP contribution in [-0.4, -0.2) is 23.1 Å². The minimum atomic E-state index is 0.452. The predicted octanol–water partition coefficient (Wildman–Crippen LogP) is 3.77. The van der Waals surface area contributed by atoms with Crippen LogP contribution in [0.5, 0.6) is 0 Å². The second kappa shape index (κ2) is 7.97. The summed E-state index contributed by atoms with van der Waals surface area (Å²) >= 11 is 0. The SMILES string of the molecule is CCCCC(C)Nc1nc(CCC)nc(NC)c1C. The molecule has 0 spiro atoms. The Morgan fingerprint density at radius 3 is 2.37 bits per heavy atom. The van der Waals surface area contributed by atoms with Crippen molar-refractivity contribution >= 4 is 11.6 Å². The van der Waals surface area contributed by atoms with Gasteiger partial charge in [0.1, 0.15) is 17.5 Å². The highest BCUT2D eigenvalue weighted by Gasteiger charge is 2.11. The van der Waals surface area contributed by atoms with Crippen LogP contribution < -0.4 is 10.6 Å². The lowest BCUT2D eigenvalue weighted by Gasteiger charge is -2.18. The minimum absolute atomic E-state index is 0.452. The first-order valence-corrected chi connectivity index (χ1v) is 7.44. The van der Waals surface area contributed by atoms with E-state index in [0.29, 0.717) is 6.04 Å². The van der Waals surface area contributed by atoms with Gasteiger partial charge in [-0.1, -0.05) is 26.7 Å². The van der Waals surface area contributed by atoms with Crippen molar-refractivity contribution in [1.82, 2.24) is 9.97 Å². The van der Waals surface area contributed by atoms with E-state index < -0.39 is 0 Å². The summed E-state index contributed by atoms with van der Waals surface area (Å²) in [6, 6.07) is 0.452. The zero-order chi connectivity index (χ0) is 14.3. The zero-order valence-electron chi connectivity index (χ0n) is 13.0. The lowest BCUT2D eigenvalue weighted by Crippen LogP contribution is -2.18. The number of nitrogens with zero attached hydrogens (tertiary/aromatic N) is 2. The van der Waals surface area contributed by atoms with E-state index in [1.165, 1.54) is 19.3 Å². The summed E-state index contributed by atoms with van der Waals surface area (Å²) in [5, 5.41) is 6.69. The van der Waals surface area contributed by atoms with E-state index in [1.54, 1.807) is 0 Å². The summed E-state index contributed by atoms with van der Waals surface area (Å²) in [7, 11) is 1.91. The molecule has 4 nitrogen and oxygen atoms in total. The van der Waals surface area contributed by atoms with Gasteiger partial charge in [0.2, 0.25) is 0 Å². The van der Waals surface area contributed by atoms with Crippen LogP contribution in [0.4, 0.5) is 11.6 Å². The molecule has 0 aliphatic rings. The average molecular weight is 264 g/mol. The van der Waals surface area contributed by atoms with Gasteiger partial charge in [-0.3, -0.25) is 0 Å². The van der Waals surface area contributed by atoms with Gasteiger partial charge in [-0.25, -0.2) is 9.97 Å². The van der Waals surface area contributed by atoms with Crippen molar-refractivity contribution in [2.75, 3.05) is 17.7 Å². The fourth-order valence-corrected chi connectivity index (χ4v) is 2.10. The van der Waals surface area contributed by atoms with E-state index in [1.807, 2.05) is 7.05 Å². The van der Waals surface area contributed by atoms with Crippen molar-refractivity contribution in [2.45, 2.75) is 65.8 Å². The average Bonchev–Trinajstić information content (AvgIpc) is 2.40. The normalized spacial score (nSPS) is 12.3. The molecule has 4 heteroatoms. The Hall–Kier alpha value is -1.32. The smallest absolute Gasteiger partial charge is 0.134 e. The Labute approximate surface area is 117 Å². The van der Waals surface area contributed by atoms with Crippen molar-refractivity contribution in [3.05, 3.63) is 11.4 Å². The van der Waals surface area contributed by atoms with Crippen LogP contribution in [-0.2, 0) is 6.42 Å². The number of hydrogen-bond acceptors (Lipinski definition) is 4. The van der Waals surface area contributed by atoms with E-state index in [-0.39, 0.29) is 0 Å². The summed E-state index contributed by atoms with van der Waals surface area (Å²) in [5.41, 5.74) is 1.10. The Morgan fingerprint density at radius 2 is 1.79 bits per heavy atom. The van der Waals surface area contributed by atoms with E-state index in [2.05, 4.69) is 48.3 Å². The molecule has 0 amide bonds. The molecule has 0 saturated carbocycles. The quantitative estimate of drug-likeness (QED) is 0.750. The molecular formula is C15H28N4. The standard InChI is InChI=1S/C15H28N4/c1-6-8-10-11(3)17-15-12(4)14(16-5)18-13(19-15)9-7-2/h11H,6-10H2,1-5H3,(H2,16,17,18,19). The van der Waals surface area contributed by atoms with Crippen molar-refractivity contribution in [2.24, 2.45) is 0 Å². The number of aryl methyl sites for hydroxylation is 1. The molecule has 1 unspecified atom stereocenters. The van der Waals surface area contributed by atoms with Gasteiger partial charge in [0.15, 0.2) is 0 Å². The number of aromatic nitrogens is 2. The van der Waals surface area contributed by atoms with Gasteiger partial charge in [0.25, 0.3) is 0 Å². The monoisotopic (exact) mass is 264 g/mol. The maximum absolute atomic E-state index is 4.66. The first kappa shape index (κ1) is 15.7. The van der Waals surface area contributed by atoms with Gasteiger partial charge in [-0.05, 0) is 26.7 Å². The van der Waals surface area contributed by atoms with Crippen molar-refractivity contribution < 1.29 is 0 Å². The zero-order valence-corrected chi connectivity index (χ0v) is 13.0. The van der Waals surface area contributed by atoms with Crippen LogP contribution in [0.2, 0.25) is 0 Å². The highest BCUT2D eigenvalue weighted by atomic mass is 15.1. The Kier molecular flexibility index (Phi) is 6.60. The van der Waals surface area contributed by atoms with Crippen LogP contribution >= 0.6 is 0 Å². The molecule has 108 valence electrons. The summed E-state index contributed by atoms with van der Waals surface area (Å²) in [6.45, 7) is 8.66. The molecule has 1 rings (SSSR count). The van der Waals surface area contributed by atoms with Crippen molar-refractivity contribution in [1.29, 1.82) is 0 Å². The number of nitrogens with one attached hydrogen (secondary N) is 2. The number of hydrogen-bond donors (Lipinski definition) is 2. The predicted molar refractivity (Wildman–Crippen MR) is 82.9 cm³/mol. The fraction of sp³-hybridized carbons (Fsp3) is 0.733. The molecule has 0 aliphatic carbocycles. The molecule has 0 fully saturated rings. The van der Waals surface area contributed by atoms with Crippen LogP contribution in [0, 0.1) is 6.92 Å². The molecule has 1 aromatic rings. The first-order valence-electron chi connectivity index (χ1n) is 7.44.